The second-order valence-corrected chi connectivity index (χ2v) is 10.1. The van der Waals surface area contributed by atoms with Crippen LogP contribution in [0, 0.1) is 11.7 Å². The molecule has 1 saturated carbocycles. The molecule has 4 atom stereocenters. The summed E-state index contributed by atoms with van der Waals surface area (Å²) in [5.41, 5.74) is 2.95. The lowest BCUT2D eigenvalue weighted by Crippen LogP contribution is -2.41. The van der Waals surface area contributed by atoms with Crippen molar-refractivity contribution in [2.24, 2.45) is 5.92 Å². The van der Waals surface area contributed by atoms with Crippen molar-refractivity contribution in [3.8, 4) is 5.75 Å². The second kappa shape index (κ2) is 10.2. The van der Waals surface area contributed by atoms with E-state index in [2.05, 4.69) is 0 Å². The first-order valence-corrected chi connectivity index (χ1v) is 12.9. The van der Waals surface area contributed by atoms with E-state index in [-0.39, 0.29) is 29.5 Å². The van der Waals surface area contributed by atoms with Crippen LogP contribution in [-0.4, -0.2) is 52.1 Å². The number of aromatic nitrogens is 2. The quantitative estimate of drug-likeness (QED) is 0.451. The van der Waals surface area contributed by atoms with Gasteiger partial charge in [0, 0.05) is 23.2 Å². The van der Waals surface area contributed by atoms with Crippen LogP contribution < -0.4 is 9.64 Å². The highest BCUT2D eigenvalue weighted by atomic mass is 19.1. The number of ether oxygens (including phenoxy) is 2. The third-order valence-corrected chi connectivity index (χ3v) is 7.97. The largest absolute Gasteiger partial charge is 0.496 e. The van der Waals surface area contributed by atoms with E-state index in [1.807, 2.05) is 17.6 Å². The van der Waals surface area contributed by atoms with Gasteiger partial charge in [0.05, 0.1) is 36.9 Å². The molecule has 2 N–H and O–H groups in total. The van der Waals surface area contributed by atoms with Crippen LogP contribution in [0.1, 0.15) is 68.1 Å². The predicted octanol–water partition coefficient (Wildman–Crippen LogP) is 4.99. The zero-order chi connectivity index (χ0) is 27.1. The van der Waals surface area contributed by atoms with E-state index in [1.54, 1.807) is 6.07 Å². The number of halogens is 1. The number of rotatable bonds is 5. The Balaban J connectivity index is 1.71. The van der Waals surface area contributed by atoms with E-state index in [9.17, 15) is 24.2 Å². The van der Waals surface area contributed by atoms with E-state index in [0.29, 0.717) is 48.5 Å². The molecule has 1 aromatic heterocycles. The minimum Gasteiger partial charge on any atom is -0.496 e. The van der Waals surface area contributed by atoms with Gasteiger partial charge in [-0.2, -0.15) is 0 Å². The SMILES string of the molecule is COC(=O)[C@@H]1CCC[C@@H](n2c(C(O)c3cc(F)ccc3OC)nc3c4c(ccc32)N(C(=O)O)[C@@H](C)CC4)C1. The Morgan fingerprint density at radius 3 is 2.66 bits per heavy atom. The number of amides is 1. The van der Waals surface area contributed by atoms with Gasteiger partial charge >= 0.3 is 12.1 Å². The highest BCUT2D eigenvalue weighted by molar-refractivity contribution is 5.94. The van der Waals surface area contributed by atoms with Crippen molar-refractivity contribution in [3.63, 3.8) is 0 Å². The number of aryl methyl sites for hydroxylation is 1. The summed E-state index contributed by atoms with van der Waals surface area (Å²) in [6.07, 6.45) is 1.68. The van der Waals surface area contributed by atoms with Crippen LogP contribution in [0.5, 0.6) is 5.75 Å². The molecule has 0 radical (unpaired) electrons. The number of aliphatic hydroxyl groups excluding tert-OH is 1. The van der Waals surface area contributed by atoms with Crippen LogP contribution in [0.25, 0.3) is 11.0 Å². The Kier molecular flexibility index (Phi) is 7.00. The van der Waals surface area contributed by atoms with Gasteiger partial charge in [-0.25, -0.2) is 14.2 Å². The fraction of sp³-hybridized carbons (Fsp3) is 0.464. The van der Waals surface area contributed by atoms with E-state index in [4.69, 9.17) is 14.5 Å². The monoisotopic (exact) mass is 525 g/mol. The Morgan fingerprint density at radius 1 is 1.16 bits per heavy atom. The molecule has 38 heavy (non-hydrogen) atoms. The summed E-state index contributed by atoms with van der Waals surface area (Å²) in [6, 6.07) is 7.23. The molecule has 202 valence electrons. The number of hydrogen-bond donors (Lipinski definition) is 2. The molecular formula is C28H32FN3O6. The van der Waals surface area contributed by atoms with Gasteiger partial charge in [0.15, 0.2) is 0 Å². The van der Waals surface area contributed by atoms with Crippen molar-refractivity contribution in [2.75, 3.05) is 19.1 Å². The fourth-order valence-corrected chi connectivity index (χ4v) is 6.12. The highest BCUT2D eigenvalue weighted by Crippen LogP contribution is 2.43. The molecule has 0 bridgehead atoms. The standard InChI is InChI=1S/C28H32FN3O6/c1-15-7-9-19-21(31(15)28(35)36)10-11-22-24(19)30-26(25(33)20-14-17(29)8-12-23(20)37-2)32(22)18-6-4-5-16(13-18)27(34)38-3/h8,10-12,14-16,18,25,33H,4-7,9,13H2,1-3H3,(H,35,36)/t15-,16+,18+,25?/m0/s1. The molecule has 0 spiro atoms. The maximum atomic E-state index is 14.3. The average Bonchev–Trinajstić information content (AvgIpc) is 3.31. The number of anilines is 1. The topological polar surface area (TPSA) is 114 Å². The van der Waals surface area contributed by atoms with Crippen molar-refractivity contribution in [1.29, 1.82) is 0 Å². The molecule has 2 aromatic carbocycles. The van der Waals surface area contributed by atoms with Gasteiger partial charge in [-0.1, -0.05) is 6.42 Å². The Hall–Kier alpha value is -3.66. The predicted molar refractivity (Wildman–Crippen MR) is 138 cm³/mol. The maximum absolute atomic E-state index is 14.3. The molecular weight excluding hydrogens is 493 g/mol. The summed E-state index contributed by atoms with van der Waals surface area (Å²) in [6.45, 7) is 1.88. The van der Waals surface area contributed by atoms with Crippen LogP contribution in [0.2, 0.25) is 0 Å². The summed E-state index contributed by atoms with van der Waals surface area (Å²) >= 11 is 0. The first-order valence-electron chi connectivity index (χ1n) is 12.9. The molecule has 1 amide bonds. The van der Waals surface area contributed by atoms with Crippen molar-refractivity contribution in [2.45, 2.75) is 63.6 Å². The van der Waals surface area contributed by atoms with Gasteiger partial charge in [0.2, 0.25) is 0 Å². The maximum Gasteiger partial charge on any atom is 0.412 e. The number of hydrogen-bond acceptors (Lipinski definition) is 6. The van der Waals surface area contributed by atoms with Crippen LogP contribution in [0.4, 0.5) is 14.9 Å². The zero-order valence-electron chi connectivity index (χ0n) is 21.7. The smallest absolute Gasteiger partial charge is 0.412 e. The number of carbonyl (C=O) groups excluding carboxylic acids is 1. The van der Waals surface area contributed by atoms with Crippen LogP contribution in [0.3, 0.4) is 0 Å². The van der Waals surface area contributed by atoms with Gasteiger partial charge in [0.1, 0.15) is 23.5 Å². The normalized spacial score (nSPS) is 22.1. The van der Waals surface area contributed by atoms with Crippen LogP contribution in [-0.2, 0) is 16.0 Å². The molecule has 10 heteroatoms. The summed E-state index contributed by atoms with van der Waals surface area (Å²) in [7, 11) is 2.83. The minimum absolute atomic E-state index is 0.168. The first kappa shape index (κ1) is 26.0. The molecule has 1 aliphatic carbocycles. The van der Waals surface area contributed by atoms with Gasteiger partial charge in [-0.15, -0.1) is 0 Å². The van der Waals surface area contributed by atoms with Gasteiger partial charge in [-0.3, -0.25) is 9.69 Å². The molecule has 5 rings (SSSR count). The Bertz CT molecular complexity index is 1390. The van der Waals surface area contributed by atoms with Gasteiger partial charge in [-0.05, 0) is 69.4 Å². The Morgan fingerprint density at radius 2 is 1.95 bits per heavy atom. The molecule has 1 fully saturated rings. The molecule has 1 aliphatic heterocycles. The number of esters is 1. The van der Waals surface area contributed by atoms with Gasteiger partial charge in [0.25, 0.3) is 0 Å². The number of imidazole rings is 1. The number of fused-ring (bicyclic) bond motifs is 3. The molecule has 2 heterocycles. The zero-order valence-corrected chi connectivity index (χ0v) is 21.7. The summed E-state index contributed by atoms with van der Waals surface area (Å²) in [5, 5.41) is 21.5. The number of aliphatic hydroxyl groups is 1. The fourth-order valence-electron chi connectivity index (χ4n) is 6.12. The molecule has 0 saturated heterocycles. The van der Waals surface area contributed by atoms with Crippen molar-refractivity contribution >= 4 is 28.8 Å². The number of carboxylic acid groups (broad SMARTS) is 1. The lowest BCUT2D eigenvalue weighted by molar-refractivity contribution is -0.147. The van der Waals surface area contributed by atoms with E-state index >= 15 is 0 Å². The third kappa shape index (κ3) is 4.36. The average molecular weight is 526 g/mol. The third-order valence-electron chi connectivity index (χ3n) is 7.97. The number of methoxy groups -OCH3 is 2. The number of nitrogens with zero attached hydrogens (tertiary/aromatic N) is 3. The molecule has 9 nitrogen and oxygen atoms in total. The minimum atomic E-state index is -1.32. The van der Waals surface area contributed by atoms with Crippen molar-refractivity contribution < 1.29 is 33.7 Å². The first-order chi connectivity index (χ1) is 18.2. The second-order valence-electron chi connectivity index (χ2n) is 10.1. The summed E-state index contributed by atoms with van der Waals surface area (Å²) in [5.74, 6) is -0.452. The highest BCUT2D eigenvalue weighted by Gasteiger charge is 2.36. The lowest BCUT2D eigenvalue weighted by Gasteiger charge is -2.33. The van der Waals surface area contributed by atoms with E-state index in [0.717, 1.165) is 23.9 Å². The summed E-state index contributed by atoms with van der Waals surface area (Å²) in [4.78, 5) is 30.7. The number of benzene rings is 2. The van der Waals surface area contributed by atoms with E-state index < -0.39 is 18.0 Å². The molecule has 2 aliphatic rings. The van der Waals surface area contributed by atoms with Crippen molar-refractivity contribution in [3.05, 3.63) is 53.1 Å². The summed E-state index contributed by atoms with van der Waals surface area (Å²) < 4.78 is 26.7. The van der Waals surface area contributed by atoms with Crippen molar-refractivity contribution in [1.82, 2.24) is 9.55 Å². The molecule has 1 unspecified atom stereocenters. The van der Waals surface area contributed by atoms with E-state index in [1.165, 1.54) is 37.3 Å². The van der Waals surface area contributed by atoms with Gasteiger partial charge < -0.3 is 24.3 Å². The number of carbonyl (C=O) groups is 2. The lowest BCUT2D eigenvalue weighted by atomic mass is 9.85. The molecule has 3 aromatic rings. The van der Waals surface area contributed by atoms with Crippen LogP contribution in [0.15, 0.2) is 30.3 Å². The van der Waals surface area contributed by atoms with Crippen LogP contribution >= 0.6 is 0 Å². The Labute approximate surface area is 219 Å².